The SMILES string of the molecule is C[C@@H]1[C@@](C)(c2ccccc2F)N=C(N)C(C)(C)S1(=O)=O. The third-order valence-electron chi connectivity index (χ3n) is 4.36. The van der Waals surface area contributed by atoms with Gasteiger partial charge in [0, 0.05) is 5.56 Å². The molecule has 4 nitrogen and oxygen atoms in total. The predicted octanol–water partition coefficient (Wildman–Crippen LogP) is 1.99. The molecule has 0 radical (unpaired) electrons. The number of hydrogen-bond acceptors (Lipinski definition) is 4. The monoisotopic (exact) mass is 298 g/mol. The van der Waals surface area contributed by atoms with Gasteiger partial charge in [0.25, 0.3) is 0 Å². The van der Waals surface area contributed by atoms with Crippen molar-refractivity contribution in [1.29, 1.82) is 0 Å². The van der Waals surface area contributed by atoms with Crippen LogP contribution in [0.3, 0.4) is 0 Å². The van der Waals surface area contributed by atoms with E-state index in [1.54, 1.807) is 32.0 Å². The number of hydrogen-bond donors (Lipinski definition) is 1. The second-order valence-corrected chi connectivity index (χ2v) is 8.64. The molecule has 0 aromatic heterocycles. The van der Waals surface area contributed by atoms with E-state index in [1.165, 1.54) is 19.9 Å². The minimum absolute atomic E-state index is 0.0151. The minimum Gasteiger partial charge on any atom is -0.386 e. The summed E-state index contributed by atoms with van der Waals surface area (Å²) in [5.41, 5.74) is 4.89. The molecule has 0 aliphatic carbocycles. The standard InChI is InChI=1S/C14H19FN2O2S/c1-9-14(4,10-7-5-6-8-11(10)15)17-12(16)13(2,3)20(9,18)19/h5-9H,1-4H3,(H2,16,17)/t9-,14+/m1/s1. The summed E-state index contributed by atoms with van der Waals surface area (Å²) >= 11 is 0. The molecule has 1 heterocycles. The van der Waals surface area contributed by atoms with Gasteiger partial charge in [-0.25, -0.2) is 12.8 Å². The average molecular weight is 298 g/mol. The summed E-state index contributed by atoms with van der Waals surface area (Å²) < 4.78 is 38.1. The van der Waals surface area contributed by atoms with Crippen LogP contribution in [0.5, 0.6) is 0 Å². The molecule has 1 aliphatic heterocycles. The van der Waals surface area contributed by atoms with Gasteiger partial charge in [0.15, 0.2) is 9.84 Å². The van der Waals surface area contributed by atoms with E-state index in [2.05, 4.69) is 4.99 Å². The molecule has 110 valence electrons. The van der Waals surface area contributed by atoms with Gasteiger partial charge in [0.05, 0.1) is 5.25 Å². The second-order valence-electron chi connectivity index (χ2n) is 5.82. The number of halogens is 1. The summed E-state index contributed by atoms with van der Waals surface area (Å²) in [5.74, 6) is -0.463. The number of sulfone groups is 1. The molecule has 0 bridgehead atoms. The number of aliphatic imine (C=N–C) groups is 1. The van der Waals surface area contributed by atoms with E-state index in [0.29, 0.717) is 0 Å². The quantitative estimate of drug-likeness (QED) is 0.862. The molecule has 20 heavy (non-hydrogen) atoms. The molecular weight excluding hydrogens is 279 g/mol. The van der Waals surface area contributed by atoms with Gasteiger partial charge in [-0.3, -0.25) is 4.99 Å². The Morgan fingerprint density at radius 2 is 1.80 bits per heavy atom. The number of benzene rings is 1. The number of amidine groups is 1. The van der Waals surface area contributed by atoms with Gasteiger partial charge in [-0.05, 0) is 33.8 Å². The lowest BCUT2D eigenvalue weighted by Gasteiger charge is -2.42. The Hall–Kier alpha value is -1.43. The van der Waals surface area contributed by atoms with Crippen molar-refractivity contribution in [3.8, 4) is 0 Å². The maximum Gasteiger partial charge on any atom is 0.167 e. The molecule has 0 unspecified atom stereocenters. The molecule has 6 heteroatoms. The van der Waals surface area contributed by atoms with Crippen molar-refractivity contribution in [2.45, 2.75) is 43.2 Å². The zero-order valence-corrected chi connectivity index (χ0v) is 12.8. The topological polar surface area (TPSA) is 72.5 Å². The van der Waals surface area contributed by atoms with Crippen molar-refractivity contribution in [2.24, 2.45) is 10.7 Å². The van der Waals surface area contributed by atoms with Crippen molar-refractivity contribution in [3.63, 3.8) is 0 Å². The minimum atomic E-state index is -3.58. The lowest BCUT2D eigenvalue weighted by molar-refractivity contribution is 0.421. The van der Waals surface area contributed by atoms with E-state index in [0.717, 1.165) is 0 Å². The maximum absolute atomic E-state index is 14.1. The zero-order valence-electron chi connectivity index (χ0n) is 12.0. The first-order valence-electron chi connectivity index (χ1n) is 6.39. The predicted molar refractivity (Wildman–Crippen MR) is 77.8 cm³/mol. The van der Waals surface area contributed by atoms with Crippen LogP contribution in [0.25, 0.3) is 0 Å². The molecule has 1 aliphatic rings. The highest BCUT2D eigenvalue weighted by molar-refractivity contribution is 7.94. The lowest BCUT2D eigenvalue weighted by atomic mass is 9.88. The van der Waals surface area contributed by atoms with E-state index in [1.807, 2.05) is 0 Å². The van der Waals surface area contributed by atoms with Crippen LogP contribution in [0, 0.1) is 5.82 Å². The molecule has 0 spiro atoms. The molecule has 2 rings (SSSR count). The molecule has 1 aromatic carbocycles. The Morgan fingerprint density at radius 3 is 2.35 bits per heavy atom. The summed E-state index contributed by atoms with van der Waals surface area (Å²) in [7, 11) is -3.58. The van der Waals surface area contributed by atoms with E-state index in [4.69, 9.17) is 5.73 Å². The van der Waals surface area contributed by atoms with Crippen LogP contribution < -0.4 is 5.73 Å². The smallest absolute Gasteiger partial charge is 0.167 e. The molecule has 2 atom stereocenters. The summed E-state index contributed by atoms with van der Waals surface area (Å²) in [6, 6.07) is 6.07. The first-order chi connectivity index (χ1) is 9.05. The molecule has 2 N–H and O–H groups in total. The third kappa shape index (κ3) is 1.78. The Kier molecular flexibility index (Phi) is 3.20. The van der Waals surface area contributed by atoms with E-state index in [-0.39, 0.29) is 11.4 Å². The number of nitrogens with two attached hydrogens (primary N) is 1. The molecule has 0 saturated heterocycles. The van der Waals surface area contributed by atoms with Gasteiger partial charge in [0.1, 0.15) is 21.9 Å². The zero-order chi connectivity index (χ0) is 15.3. The molecule has 1 aromatic rings. The fourth-order valence-corrected chi connectivity index (χ4v) is 4.52. The van der Waals surface area contributed by atoms with Crippen LogP contribution in [-0.2, 0) is 15.4 Å². The van der Waals surface area contributed by atoms with Gasteiger partial charge in [-0.2, -0.15) is 0 Å². The van der Waals surface area contributed by atoms with Crippen molar-refractivity contribution in [2.75, 3.05) is 0 Å². The summed E-state index contributed by atoms with van der Waals surface area (Å²) in [6.07, 6.45) is 0. The van der Waals surface area contributed by atoms with Gasteiger partial charge >= 0.3 is 0 Å². The molecule has 0 amide bonds. The molecular formula is C14H19FN2O2S. The fraction of sp³-hybridized carbons (Fsp3) is 0.500. The average Bonchev–Trinajstić information content (AvgIpc) is 2.36. The van der Waals surface area contributed by atoms with Crippen molar-refractivity contribution >= 4 is 15.7 Å². The fourth-order valence-electron chi connectivity index (χ4n) is 2.52. The van der Waals surface area contributed by atoms with Gasteiger partial charge in [-0.1, -0.05) is 18.2 Å². The van der Waals surface area contributed by atoms with Crippen molar-refractivity contribution in [3.05, 3.63) is 35.6 Å². The van der Waals surface area contributed by atoms with Crippen molar-refractivity contribution < 1.29 is 12.8 Å². The Morgan fingerprint density at radius 1 is 1.25 bits per heavy atom. The van der Waals surface area contributed by atoms with Gasteiger partial charge < -0.3 is 5.73 Å². The Bertz CT molecular complexity index is 682. The second kappa shape index (κ2) is 4.28. The van der Waals surface area contributed by atoms with Crippen LogP contribution in [0.2, 0.25) is 0 Å². The van der Waals surface area contributed by atoms with Crippen LogP contribution in [0.15, 0.2) is 29.3 Å². The van der Waals surface area contributed by atoms with Crippen LogP contribution in [0.4, 0.5) is 4.39 Å². The molecule has 0 fully saturated rings. The van der Waals surface area contributed by atoms with Gasteiger partial charge in [-0.15, -0.1) is 0 Å². The first-order valence-corrected chi connectivity index (χ1v) is 7.94. The maximum atomic E-state index is 14.1. The van der Waals surface area contributed by atoms with E-state index >= 15 is 0 Å². The first kappa shape index (κ1) is 15.0. The Balaban J connectivity index is 2.76. The number of rotatable bonds is 1. The largest absolute Gasteiger partial charge is 0.386 e. The normalized spacial score (nSPS) is 31.6. The lowest BCUT2D eigenvalue weighted by Crippen LogP contribution is -2.59. The van der Waals surface area contributed by atoms with E-state index < -0.39 is 31.2 Å². The van der Waals surface area contributed by atoms with Crippen LogP contribution in [-0.4, -0.2) is 24.3 Å². The van der Waals surface area contributed by atoms with Crippen LogP contribution >= 0.6 is 0 Å². The summed E-state index contributed by atoms with van der Waals surface area (Å²) in [6.45, 7) is 6.21. The van der Waals surface area contributed by atoms with E-state index in [9.17, 15) is 12.8 Å². The highest BCUT2D eigenvalue weighted by atomic mass is 32.2. The summed E-state index contributed by atoms with van der Waals surface area (Å²) in [4.78, 5) is 4.35. The van der Waals surface area contributed by atoms with Crippen molar-refractivity contribution in [1.82, 2.24) is 0 Å². The summed E-state index contributed by atoms with van der Waals surface area (Å²) in [5, 5.41) is -0.866. The third-order valence-corrected chi connectivity index (χ3v) is 7.38. The Labute approximate surface area is 118 Å². The highest BCUT2D eigenvalue weighted by Crippen LogP contribution is 2.42. The number of nitrogens with zero attached hydrogens (tertiary/aromatic N) is 1. The van der Waals surface area contributed by atoms with Gasteiger partial charge in [0.2, 0.25) is 0 Å². The van der Waals surface area contributed by atoms with Crippen LogP contribution in [0.1, 0.15) is 33.3 Å². The molecule has 0 saturated carbocycles. The highest BCUT2D eigenvalue weighted by Gasteiger charge is 2.54.